The third-order valence-corrected chi connectivity index (χ3v) is 6.80. The molecule has 0 bridgehead atoms. The van der Waals surface area contributed by atoms with Gasteiger partial charge in [0.25, 0.3) is 5.91 Å². The quantitative estimate of drug-likeness (QED) is 0.345. The van der Waals surface area contributed by atoms with E-state index in [0.717, 1.165) is 29.3 Å². The summed E-state index contributed by atoms with van der Waals surface area (Å²) in [4.78, 5) is 36.1. The molecule has 0 aliphatic carbocycles. The van der Waals surface area contributed by atoms with Gasteiger partial charge in [-0.1, -0.05) is 36.4 Å². The number of benzene rings is 2. The molecule has 2 aromatic carbocycles. The minimum Gasteiger partial charge on any atom is -0.486 e. The Morgan fingerprint density at radius 2 is 1.85 bits per heavy atom. The molecule has 1 N–H and O–H groups in total. The molecule has 0 spiro atoms. The van der Waals surface area contributed by atoms with Gasteiger partial charge in [-0.15, -0.1) is 0 Å². The molecule has 1 unspecified atom stereocenters. The molecule has 0 saturated carbocycles. The summed E-state index contributed by atoms with van der Waals surface area (Å²) in [6.07, 6.45) is 1.53. The number of amides is 2. The van der Waals surface area contributed by atoms with Crippen LogP contribution < -0.4 is 19.9 Å². The average molecular weight is 560 g/mol. The van der Waals surface area contributed by atoms with Crippen molar-refractivity contribution in [3.8, 4) is 5.75 Å². The molecule has 1 aliphatic heterocycles. The highest BCUT2D eigenvalue weighted by atomic mass is 16.6. The van der Waals surface area contributed by atoms with Crippen molar-refractivity contribution in [1.29, 1.82) is 0 Å². The summed E-state index contributed by atoms with van der Waals surface area (Å²) in [5.74, 6) is 1.29. The van der Waals surface area contributed by atoms with E-state index >= 15 is 0 Å². The number of carbonyl (C=O) groups excluding carboxylic acids is 2. The number of nitrogens with one attached hydrogen (secondary N) is 1. The number of hydrogen-bond acceptors (Lipinski definition) is 7. The first-order valence-corrected chi connectivity index (χ1v) is 14.1. The Bertz CT molecular complexity index is 1340. The van der Waals surface area contributed by atoms with Gasteiger partial charge in [-0.05, 0) is 45.4 Å². The van der Waals surface area contributed by atoms with Crippen molar-refractivity contribution in [3.05, 3.63) is 78.0 Å². The molecular formula is C32H41N5O4. The minimum absolute atomic E-state index is 0.101. The van der Waals surface area contributed by atoms with Gasteiger partial charge >= 0.3 is 6.09 Å². The fraction of sp³-hybridized carbons (Fsp3) is 0.406. The third kappa shape index (κ3) is 7.68. The van der Waals surface area contributed by atoms with E-state index in [1.165, 1.54) is 0 Å². The summed E-state index contributed by atoms with van der Waals surface area (Å²) in [5.41, 5.74) is 2.60. The zero-order valence-corrected chi connectivity index (χ0v) is 24.9. The summed E-state index contributed by atoms with van der Waals surface area (Å²) in [6, 6.07) is 19.5. The van der Waals surface area contributed by atoms with Gasteiger partial charge in [-0.3, -0.25) is 4.79 Å². The van der Waals surface area contributed by atoms with Gasteiger partial charge in [0.1, 0.15) is 23.3 Å². The van der Waals surface area contributed by atoms with Crippen LogP contribution in [-0.2, 0) is 4.74 Å². The largest absolute Gasteiger partial charge is 0.486 e. The van der Waals surface area contributed by atoms with Gasteiger partial charge in [0, 0.05) is 70.7 Å². The normalized spacial score (nSPS) is 14.1. The van der Waals surface area contributed by atoms with Gasteiger partial charge in [-0.2, -0.15) is 0 Å². The number of nitrogens with zero attached hydrogens (tertiary/aromatic N) is 4. The van der Waals surface area contributed by atoms with Gasteiger partial charge in [-0.25, -0.2) is 9.78 Å². The summed E-state index contributed by atoms with van der Waals surface area (Å²) >= 11 is 0. The van der Waals surface area contributed by atoms with Crippen molar-refractivity contribution in [3.63, 3.8) is 0 Å². The van der Waals surface area contributed by atoms with E-state index in [2.05, 4.69) is 15.2 Å². The molecule has 3 aromatic rings. The standard InChI is InChI=1S/C32H41N5O4/c1-7-33-29-21-27-26(22-34-29)30(38)37(19-18-35(27)5)24-14-11-15-25(20-24)40-28(23-12-9-8-10-13-23)16-17-36(6)31(39)41-32(2,3)4/h8-15,20-22,28H,7,16-19H2,1-6H3,(H,33,34). The van der Waals surface area contributed by atoms with Gasteiger partial charge in [0.15, 0.2) is 0 Å². The van der Waals surface area contributed by atoms with Crippen molar-refractivity contribution in [2.45, 2.75) is 45.8 Å². The van der Waals surface area contributed by atoms with Gasteiger partial charge in [0.05, 0.1) is 11.3 Å². The SMILES string of the molecule is CCNc1cc2c(cn1)C(=O)N(c1cccc(OC(CCN(C)C(=O)OC(C)(C)C)c3ccccc3)c1)CCN2C. The number of hydrogen-bond donors (Lipinski definition) is 1. The second-order valence-electron chi connectivity index (χ2n) is 11.2. The molecule has 218 valence electrons. The van der Waals surface area contributed by atoms with E-state index in [1.54, 1.807) is 23.0 Å². The molecular weight excluding hydrogens is 518 g/mol. The molecule has 41 heavy (non-hydrogen) atoms. The Morgan fingerprint density at radius 3 is 2.56 bits per heavy atom. The Kier molecular flexibility index (Phi) is 9.37. The van der Waals surface area contributed by atoms with E-state index in [4.69, 9.17) is 9.47 Å². The highest BCUT2D eigenvalue weighted by Crippen LogP contribution is 2.32. The topological polar surface area (TPSA) is 87.2 Å². The van der Waals surface area contributed by atoms with Gasteiger partial charge < -0.3 is 29.5 Å². The zero-order chi connectivity index (χ0) is 29.6. The van der Waals surface area contributed by atoms with Crippen LogP contribution >= 0.6 is 0 Å². The Morgan fingerprint density at radius 1 is 1.10 bits per heavy atom. The molecule has 4 rings (SSSR count). The lowest BCUT2D eigenvalue weighted by Gasteiger charge is -2.27. The Hall–Kier alpha value is -4.27. The number of likely N-dealkylation sites (N-methyl/N-ethyl adjacent to an activating group) is 1. The number of pyridine rings is 1. The summed E-state index contributed by atoms with van der Waals surface area (Å²) in [7, 11) is 3.72. The maximum absolute atomic E-state index is 13.7. The smallest absolute Gasteiger partial charge is 0.410 e. The predicted octanol–water partition coefficient (Wildman–Crippen LogP) is 5.99. The molecule has 2 amide bonds. The van der Waals surface area contributed by atoms with Crippen LogP contribution in [0.4, 0.5) is 22.0 Å². The maximum atomic E-state index is 13.7. The molecule has 0 radical (unpaired) electrons. The summed E-state index contributed by atoms with van der Waals surface area (Å²) in [6.45, 7) is 9.96. The van der Waals surface area contributed by atoms with Gasteiger partial charge in [0.2, 0.25) is 0 Å². The van der Waals surface area contributed by atoms with Crippen LogP contribution in [-0.4, -0.2) is 67.8 Å². The Balaban J connectivity index is 1.54. The molecule has 1 aliphatic rings. The predicted molar refractivity (Wildman–Crippen MR) is 163 cm³/mol. The van der Waals surface area contributed by atoms with E-state index in [-0.39, 0.29) is 18.1 Å². The monoisotopic (exact) mass is 559 g/mol. The van der Waals surface area contributed by atoms with Crippen LogP contribution in [0.5, 0.6) is 5.75 Å². The average Bonchev–Trinajstić information content (AvgIpc) is 3.06. The maximum Gasteiger partial charge on any atom is 0.410 e. The fourth-order valence-corrected chi connectivity index (χ4v) is 4.66. The van der Waals surface area contributed by atoms with Crippen molar-refractivity contribution >= 4 is 29.2 Å². The molecule has 9 heteroatoms. The van der Waals surface area contributed by atoms with E-state index in [0.29, 0.717) is 37.4 Å². The van der Waals surface area contributed by atoms with Crippen LogP contribution in [0.2, 0.25) is 0 Å². The first-order valence-electron chi connectivity index (χ1n) is 14.1. The number of carbonyl (C=O) groups is 2. The van der Waals surface area contributed by atoms with Crippen LogP contribution in [0.15, 0.2) is 66.9 Å². The third-order valence-electron chi connectivity index (χ3n) is 6.80. The lowest BCUT2D eigenvalue weighted by molar-refractivity contribution is 0.0278. The number of rotatable bonds is 9. The van der Waals surface area contributed by atoms with E-state index in [9.17, 15) is 9.59 Å². The number of fused-ring (bicyclic) bond motifs is 1. The van der Waals surface area contributed by atoms with Crippen LogP contribution in [0, 0.1) is 0 Å². The van der Waals surface area contributed by atoms with Crippen molar-refractivity contribution in [2.75, 3.05) is 55.4 Å². The highest BCUT2D eigenvalue weighted by molar-refractivity contribution is 6.10. The summed E-state index contributed by atoms with van der Waals surface area (Å²) in [5, 5.41) is 3.22. The van der Waals surface area contributed by atoms with Crippen molar-refractivity contribution in [1.82, 2.24) is 9.88 Å². The number of ether oxygens (including phenoxy) is 2. The molecule has 0 saturated heterocycles. The molecule has 1 aromatic heterocycles. The number of aromatic nitrogens is 1. The Labute approximate surface area is 243 Å². The van der Waals surface area contributed by atoms with Crippen LogP contribution in [0.3, 0.4) is 0 Å². The molecule has 0 fully saturated rings. The van der Waals surface area contributed by atoms with E-state index < -0.39 is 5.60 Å². The summed E-state index contributed by atoms with van der Waals surface area (Å²) < 4.78 is 12.0. The fourth-order valence-electron chi connectivity index (χ4n) is 4.66. The lowest BCUT2D eigenvalue weighted by Crippen LogP contribution is -2.35. The zero-order valence-electron chi connectivity index (χ0n) is 24.9. The lowest BCUT2D eigenvalue weighted by atomic mass is 10.1. The molecule has 9 nitrogen and oxygen atoms in total. The molecule has 2 heterocycles. The second-order valence-corrected chi connectivity index (χ2v) is 11.2. The van der Waals surface area contributed by atoms with Crippen molar-refractivity contribution in [2.24, 2.45) is 0 Å². The highest BCUT2D eigenvalue weighted by Gasteiger charge is 2.27. The first-order chi connectivity index (χ1) is 19.6. The van der Waals surface area contributed by atoms with Crippen LogP contribution in [0.1, 0.15) is 56.1 Å². The van der Waals surface area contributed by atoms with Crippen molar-refractivity contribution < 1.29 is 19.1 Å². The second kappa shape index (κ2) is 12.9. The van der Waals surface area contributed by atoms with Crippen LogP contribution in [0.25, 0.3) is 0 Å². The molecule has 1 atom stereocenters. The van der Waals surface area contributed by atoms with E-state index in [1.807, 2.05) is 95.4 Å². The first kappa shape index (κ1) is 29.7. The minimum atomic E-state index is -0.564. The number of anilines is 3.